The summed E-state index contributed by atoms with van der Waals surface area (Å²) in [4.78, 5) is 0. The molecule has 0 heterocycles. The molecule has 0 aromatic rings. The molecule has 1 aliphatic carbocycles. The van der Waals surface area contributed by atoms with E-state index >= 15 is 0 Å². The monoisotopic (exact) mass is 129 g/mol. The van der Waals surface area contributed by atoms with Crippen LogP contribution in [0.3, 0.4) is 0 Å². The van der Waals surface area contributed by atoms with Crippen LogP contribution < -0.4 is 5.73 Å². The zero-order chi connectivity index (χ0) is 7.12. The van der Waals surface area contributed by atoms with Gasteiger partial charge in [-0.05, 0) is 25.2 Å². The summed E-state index contributed by atoms with van der Waals surface area (Å²) < 4.78 is 0. The van der Waals surface area contributed by atoms with E-state index in [2.05, 4.69) is 6.92 Å². The van der Waals surface area contributed by atoms with Crippen molar-refractivity contribution in [3.8, 4) is 0 Å². The van der Waals surface area contributed by atoms with Crippen LogP contribution in [0.15, 0.2) is 0 Å². The van der Waals surface area contributed by atoms with Crippen LogP contribution in [0, 0.1) is 5.41 Å². The van der Waals surface area contributed by atoms with Gasteiger partial charge in [0, 0.05) is 12.1 Å². The first-order chi connectivity index (χ1) is 3.97. The number of nitrogens with two attached hydrogens (primary N) is 1. The zero-order valence-electron chi connectivity index (χ0n) is 6.15. The molecule has 0 aliphatic heterocycles. The fourth-order valence-corrected chi connectivity index (χ4v) is 2.01. The van der Waals surface area contributed by atoms with E-state index in [4.69, 9.17) is 10.8 Å². The summed E-state index contributed by atoms with van der Waals surface area (Å²) in [6.07, 6.45) is 1.91. The SMILES string of the molecule is CC1(N)CC(C)(CO)C1. The Balaban J connectivity index is 2.41. The van der Waals surface area contributed by atoms with Gasteiger partial charge in [-0.25, -0.2) is 0 Å². The zero-order valence-corrected chi connectivity index (χ0v) is 6.15. The average molecular weight is 129 g/mol. The first kappa shape index (κ1) is 7.03. The van der Waals surface area contributed by atoms with Crippen molar-refractivity contribution in [2.24, 2.45) is 11.1 Å². The number of hydrogen-bond donors (Lipinski definition) is 2. The highest BCUT2D eigenvalue weighted by Crippen LogP contribution is 2.45. The molecule has 1 rings (SSSR count). The van der Waals surface area contributed by atoms with Gasteiger partial charge in [0.05, 0.1) is 0 Å². The van der Waals surface area contributed by atoms with Gasteiger partial charge in [0.2, 0.25) is 0 Å². The quantitative estimate of drug-likeness (QED) is 0.541. The Morgan fingerprint density at radius 2 is 1.89 bits per heavy atom. The van der Waals surface area contributed by atoms with E-state index in [0.29, 0.717) is 0 Å². The molecule has 0 aromatic heterocycles. The number of aliphatic hydroxyl groups is 1. The number of rotatable bonds is 1. The Kier molecular flexibility index (Phi) is 1.33. The minimum atomic E-state index is -0.00250. The van der Waals surface area contributed by atoms with Crippen LogP contribution in [0.1, 0.15) is 26.7 Å². The van der Waals surface area contributed by atoms with Crippen LogP contribution >= 0.6 is 0 Å². The molecule has 1 aliphatic rings. The van der Waals surface area contributed by atoms with Crippen molar-refractivity contribution in [2.75, 3.05) is 6.61 Å². The van der Waals surface area contributed by atoms with Crippen LogP contribution in [-0.2, 0) is 0 Å². The van der Waals surface area contributed by atoms with Gasteiger partial charge in [0.1, 0.15) is 0 Å². The molecule has 0 bridgehead atoms. The lowest BCUT2D eigenvalue weighted by Gasteiger charge is -2.50. The van der Waals surface area contributed by atoms with E-state index in [-0.39, 0.29) is 17.6 Å². The second kappa shape index (κ2) is 1.70. The standard InChI is InChI=1S/C7H15NO/c1-6(5-9)3-7(2,8)4-6/h9H,3-5,8H2,1-2H3. The van der Waals surface area contributed by atoms with Crippen LogP contribution in [-0.4, -0.2) is 17.3 Å². The van der Waals surface area contributed by atoms with Crippen molar-refractivity contribution in [3.05, 3.63) is 0 Å². The van der Waals surface area contributed by atoms with Crippen LogP contribution in [0.5, 0.6) is 0 Å². The molecule has 0 unspecified atom stereocenters. The van der Waals surface area contributed by atoms with Crippen LogP contribution in [0.4, 0.5) is 0 Å². The molecule has 0 saturated heterocycles. The summed E-state index contributed by atoms with van der Waals surface area (Å²) in [5.41, 5.74) is 5.89. The van der Waals surface area contributed by atoms with Gasteiger partial charge >= 0.3 is 0 Å². The van der Waals surface area contributed by atoms with Crippen molar-refractivity contribution >= 4 is 0 Å². The molecule has 54 valence electrons. The number of hydrogen-bond acceptors (Lipinski definition) is 2. The summed E-state index contributed by atoms with van der Waals surface area (Å²) in [5, 5.41) is 8.82. The predicted octanol–water partition coefficient (Wildman–Crippen LogP) is 0.496. The maximum atomic E-state index is 8.82. The Morgan fingerprint density at radius 1 is 1.44 bits per heavy atom. The maximum Gasteiger partial charge on any atom is 0.0486 e. The summed E-state index contributed by atoms with van der Waals surface area (Å²) in [6.45, 7) is 4.38. The van der Waals surface area contributed by atoms with E-state index in [1.807, 2.05) is 6.92 Å². The Bertz CT molecular complexity index is 112. The average Bonchev–Trinajstić information content (AvgIpc) is 1.61. The molecular weight excluding hydrogens is 114 g/mol. The Labute approximate surface area is 56.1 Å². The van der Waals surface area contributed by atoms with Gasteiger partial charge in [0.25, 0.3) is 0 Å². The fraction of sp³-hybridized carbons (Fsp3) is 1.00. The molecule has 1 fully saturated rings. The fourth-order valence-electron chi connectivity index (χ4n) is 2.01. The van der Waals surface area contributed by atoms with Crippen molar-refractivity contribution < 1.29 is 5.11 Å². The molecule has 0 amide bonds. The van der Waals surface area contributed by atoms with Gasteiger partial charge in [0.15, 0.2) is 0 Å². The molecule has 3 N–H and O–H groups in total. The smallest absolute Gasteiger partial charge is 0.0486 e. The molecule has 2 heteroatoms. The van der Waals surface area contributed by atoms with Gasteiger partial charge in [-0.3, -0.25) is 0 Å². The summed E-state index contributed by atoms with van der Waals surface area (Å²) >= 11 is 0. The third-order valence-corrected chi connectivity index (χ3v) is 2.04. The first-order valence-corrected chi connectivity index (χ1v) is 3.37. The largest absolute Gasteiger partial charge is 0.396 e. The first-order valence-electron chi connectivity index (χ1n) is 3.37. The molecule has 0 spiro atoms. The predicted molar refractivity (Wildman–Crippen MR) is 37.0 cm³/mol. The van der Waals surface area contributed by atoms with Crippen LogP contribution in [0.25, 0.3) is 0 Å². The van der Waals surface area contributed by atoms with Crippen LogP contribution in [0.2, 0.25) is 0 Å². The Hall–Kier alpha value is -0.0800. The lowest BCUT2D eigenvalue weighted by molar-refractivity contribution is 0.00112. The van der Waals surface area contributed by atoms with E-state index in [1.54, 1.807) is 0 Å². The van der Waals surface area contributed by atoms with Gasteiger partial charge in [-0.2, -0.15) is 0 Å². The highest BCUT2D eigenvalue weighted by molar-refractivity contribution is 5.01. The topological polar surface area (TPSA) is 46.2 Å². The second-order valence-corrected chi connectivity index (χ2v) is 3.98. The van der Waals surface area contributed by atoms with Crippen molar-refractivity contribution in [2.45, 2.75) is 32.2 Å². The maximum absolute atomic E-state index is 8.82. The molecule has 0 radical (unpaired) electrons. The van der Waals surface area contributed by atoms with Crippen molar-refractivity contribution in [3.63, 3.8) is 0 Å². The third kappa shape index (κ3) is 1.25. The summed E-state index contributed by atoms with van der Waals surface area (Å²) in [7, 11) is 0. The van der Waals surface area contributed by atoms with E-state index in [1.165, 1.54) is 0 Å². The van der Waals surface area contributed by atoms with Gasteiger partial charge < -0.3 is 10.8 Å². The second-order valence-electron chi connectivity index (χ2n) is 3.98. The van der Waals surface area contributed by atoms with Gasteiger partial charge in [-0.1, -0.05) is 6.92 Å². The Morgan fingerprint density at radius 3 is 2.00 bits per heavy atom. The third-order valence-electron chi connectivity index (χ3n) is 2.04. The van der Waals surface area contributed by atoms with E-state index in [9.17, 15) is 0 Å². The van der Waals surface area contributed by atoms with Crippen molar-refractivity contribution in [1.82, 2.24) is 0 Å². The highest BCUT2D eigenvalue weighted by atomic mass is 16.3. The van der Waals surface area contributed by atoms with E-state index < -0.39 is 0 Å². The summed E-state index contributed by atoms with van der Waals surface area (Å²) in [5.74, 6) is 0. The minimum absolute atomic E-state index is 0.00250. The summed E-state index contributed by atoms with van der Waals surface area (Å²) in [6, 6.07) is 0. The van der Waals surface area contributed by atoms with E-state index in [0.717, 1.165) is 12.8 Å². The normalized spacial score (nSPS) is 50.7. The lowest BCUT2D eigenvalue weighted by atomic mass is 9.60. The minimum Gasteiger partial charge on any atom is -0.396 e. The molecule has 0 aromatic carbocycles. The van der Waals surface area contributed by atoms with Crippen molar-refractivity contribution in [1.29, 1.82) is 0 Å². The molecular formula is C7H15NO. The molecule has 1 saturated carbocycles. The molecule has 2 nitrogen and oxygen atoms in total. The molecule has 0 atom stereocenters. The lowest BCUT2D eigenvalue weighted by Crippen LogP contribution is -2.56. The highest BCUT2D eigenvalue weighted by Gasteiger charge is 2.45. The van der Waals surface area contributed by atoms with Gasteiger partial charge in [-0.15, -0.1) is 0 Å². The molecule has 9 heavy (non-hydrogen) atoms. The number of aliphatic hydroxyl groups excluding tert-OH is 1.